The van der Waals surface area contributed by atoms with Crippen LogP contribution < -0.4 is 14.2 Å². The summed E-state index contributed by atoms with van der Waals surface area (Å²) in [6.45, 7) is 29.8. The first-order chi connectivity index (χ1) is 26.8. The summed E-state index contributed by atoms with van der Waals surface area (Å²) in [5.74, 6) is 2.66. The van der Waals surface area contributed by atoms with Gasteiger partial charge < -0.3 is 28.4 Å². The van der Waals surface area contributed by atoms with E-state index in [1.165, 1.54) is 27.8 Å². The fourth-order valence-corrected chi connectivity index (χ4v) is 7.49. The number of rotatable bonds is 20. The van der Waals surface area contributed by atoms with E-state index >= 15 is 0 Å². The zero-order chi connectivity index (χ0) is 39.6. The quantitative estimate of drug-likeness (QED) is 0.0509. The summed E-state index contributed by atoms with van der Waals surface area (Å²) in [5, 5.41) is 0. The Bertz CT molecular complexity index is 2000. The lowest BCUT2D eigenvalue weighted by molar-refractivity contribution is 0.261. The number of ether oxygens (including phenoxy) is 6. The minimum atomic E-state index is -0.522. The average Bonchev–Trinajstić information content (AvgIpc) is 4.00. The van der Waals surface area contributed by atoms with Crippen molar-refractivity contribution in [2.75, 3.05) is 39.6 Å². The van der Waals surface area contributed by atoms with Gasteiger partial charge in [-0.25, -0.2) is 0 Å². The molecule has 6 nitrogen and oxygen atoms in total. The molecule has 3 fully saturated rings. The molecule has 7 rings (SSSR count). The van der Waals surface area contributed by atoms with Gasteiger partial charge >= 0.3 is 0 Å². The van der Waals surface area contributed by atoms with Crippen molar-refractivity contribution in [2.24, 2.45) is 0 Å². The second kappa shape index (κ2) is 16.5. The van der Waals surface area contributed by atoms with Crippen LogP contribution in [-0.4, -0.2) is 58.0 Å². The third kappa shape index (κ3) is 9.49. The number of hydrogen-bond acceptors (Lipinski definition) is 6. The van der Waals surface area contributed by atoms with Gasteiger partial charge in [0.2, 0.25) is 0 Å². The van der Waals surface area contributed by atoms with Gasteiger partial charge in [-0.15, -0.1) is 0 Å². The molecule has 0 aliphatic carbocycles. The second-order valence-corrected chi connectivity index (χ2v) is 17.0. The van der Waals surface area contributed by atoms with Crippen LogP contribution in [0.5, 0.6) is 17.2 Å². The van der Waals surface area contributed by atoms with Crippen LogP contribution in [0.25, 0.3) is 0 Å². The van der Waals surface area contributed by atoms with Crippen molar-refractivity contribution in [1.82, 2.24) is 0 Å². The molecule has 3 aliphatic heterocycles. The van der Waals surface area contributed by atoms with Crippen LogP contribution in [0.15, 0.2) is 115 Å². The first-order valence-electron chi connectivity index (χ1n) is 20.0. The fourth-order valence-electron chi connectivity index (χ4n) is 7.49. The Morgan fingerprint density at radius 1 is 0.500 bits per heavy atom. The first kappa shape index (κ1) is 39.6. The maximum Gasteiger partial charge on any atom is 0.122 e. The molecule has 0 amide bonds. The molecule has 0 aromatic heterocycles. The molecule has 56 heavy (non-hydrogen) atoms. The largest absolute Gasteiger partial charge is 0.490 e. The SMILES string of the molecule is C=C(C)Cc1cc(C(C)(C)c2ccc(C(C)(c3ccc(OCC4CO4)c(CC(=C)C)c3)c3ccc(OCC4CO4)c(CC(=C)C)c3)cc2)ccc1OCC1CO1. The summed E-state index contributed by atoms with van der Waals surface area (Å²) in [7, 11) is 0. The van der Waals surface area contributed by atoms with E-state index in [-0.39, 0.29) is 23.7 Å². The lowest BCUT2D eigenvalue weighted by Gasteiger charge is -2.34. The van der Waals surface area contributed by atoms with Gasteiger partial charge in [0.25, 0.3) is 0 Å². The zero-order valence-corrected chi connectivity index (χ0v) is 34.2. The third-order valence-corrected chi connectivity index (χ3v) is 11.2. The van der Waals surface area contributed by atoms with Gasteiger partial charge in [0.15, 0.2) is 0 Å². The number of hydrogen-bond donors (Lipinski definition) is 0. The van der Waals surface area contributed by atoms with Crippen LogP contribution in [0, 0.1) is 0 Å². The molecule has 3 unspecified atom stereocenters. The van der Waals surface area contributed by atoms with Gasteiger partial charge in [0.1, 0.15) is 55.4 Å². The van der Waals surface area contributed by atoms with E-state index in [4.69, 9.17) is 28.4 Å². The highest BCUT2D eigenvalue weighted by Gasteiger charge is 2.35. The highest BCUT2D eigenvalue weighted by molar-refractivity contribution is 5.56. The van der Waals surface area contributed by atoms with E-state index < -0.39 is 5.41 Å². The molecule has 0 spiro atoms. The molecule has 3 atom stereocenters. The molecule has 294 valence electrons. The van der Waals surface area contributed by atoms with Gasteiger partial charge in [-0.2, -0.15) is 0 Å². The maximum atomic E-state index is 6.31. The Morgan fingerprint density at radius 3 is 1.14 bits per heavy atom. The molecule has 0 N–H and O–H groups in total. The Kier molecular flexibility index (Phi) is 11.6. The van der Waals surface area contributed by atoms with Crippen LogP contribution in [0.1, 0.15) is 86.1 Å². The molecule has 6 heteroatoms. The van der Waals surface area contributed by atoms with Crippen molar-refractivity contribution >= 4 is 0 Å². The van der Waals surface area contributed by atoms with E-state index in [9.17, 15) is 0 Å². The smallest absolute Gasteiger partial charge is 0.122 e. The molecule has 0 saturated carbocycles. The summed E-state index contributed by atoms with van der Waals surface area (Å²) in [5.41, 5.74) is 11.9. The predicted octanol–water partition coefficient (Wildman–Crippen LogP) is 10.1. The van der Waals surface area contributed by atoms with E-state index in [0.717, 1.165) is 89.7 Å². The van der Waals surface area contributed by atoms with E-state index in [0.29, 0.717) is 19.8 Å². The van der Waals surface area contributed by atoms with Crippen LogP contribution in [0.3, 0.4) is 0 Å². The molecule has 0 radical (unpaired) electrons. The minimum Gasteiger partial charge on any atom is -0.490 e. The topological polar surface area (TPSA) is 65.3 Å². The van der Waals surface area contributed by atoms with Crippen molar-refractivity contribution in [3.63, 3.8) is 0 Å². The summed E-state index contributed by atoms with van der Waals surface area (Å²) < 4.78 is 35.1. The monoisotopic (exact) mass is 754 g/mol. The van der Waals surface area contributed by atoms with Crippen LogP contribution in [0.2, 0.25) is 0 Å². The van der Waals surface area contributed by atoms with Crippen molar-refractivity contribution in [2.45, 2.75) is 89.9 Å². The molecule has 0 bridgehead atoms. The molecular weight excluding hydrogens is 697 g/mol. The Hall–Kier alpha value is -4.62. The van der Waals surface area contributed by atoms with Gasteiger partial charge in [-0.05, 0) is 110 Å². The van der Waals surface area contributed by atoms with Crippen molar-refractivity contribution < 1.29 is 28.4 Å². The fraction of sp³-hybridized carbons (Fsp3) is 0.400. The predicted molar refractivity (Wildman–Crippen MR) is 225 cm³/mol. The maximum absolute atomic E-state index is 6.31. The summed E-state index contributed by atoms with van der Waals surface area (Å²) >= 11 is 0. The molecule has 3 saturated heterocycles. The van der Waals surface area contributed by atoms with Crippen molar-refractivity contribution in [3.05, 3.63) is 160 Å². The number of epoxide rings is 3. The summed E-state index contributed by atoms with van der Waals surface area (Å²) in [4.78, 5) is 0. The third-order valence-electron chi connectivity index (χ3n) is 11.2. The summed E-state index contributed by atoms with van der Waals surface area (Å²) in [6.07, 6.45) is 2.75. The number of allylic oxidation sites excluding steroid dienone is 3. The molecule has 3 aliphatic rings. The number of benzene rings is 4. The van der Waals surface area contributed by atoms with Crippen LogP contribution in [-0.2, 0) is 44.3 Å². The van der Waals surface area contributed by atoms with E-state index in [1.54, 1.807) is 0 Å². The molecule has 4 aromatic carbocycles. The highest BCUT2D eigenvalue weighted by Crippen LogP contribution is 2.44. The van der Waals surface area contributed by atoms with Crippen molar-refractivity contribution in [3.8, 4) is 17.2 Å². The Labute approximate surface area is 334 Å². The molecular formula is C50H58O6. The standard InChI is InChI=1S/C50H58O6/c1-32(2)20-35-23-40(14-17-46(35)54-29-43-26-51-43)49(7,8)38-10-12-39(13-11-38)50(9,41-15-18-47(55-30-44-27-52-44)36(24-41)21-33(3)4)42-16-19-48(56-31-45-28-53-45)37(25-42)22-34(5)6/h10-19,23-25,43-45H,1,3,5,20-22,26-31H2,2,4,6-9H3. The second-order valence-electron chi connectivity index (χ2n) is 17.0. The lowest BCUT2D eigenvalue weighted by Crippen LogP contribution is -2.27. The Morgan fingerprint density at radius 2 is 0.804 bits per heavy atom. The summed E-state index contributed by atoms with van der Waals surface area (Å²) in [6, 6.07) is 29.1. The Balaban J connectivity index is 1.28. The van der Waals surface area contributed by atoms with Gasteiger partial charge in [-0.1, -0.05) is 111 Å². The average molecular weight is 755 g/mol. The minimum absolute atomic E-state index is 0.172. The highest BCUT2D eigenvalue weighted by atomic mass is 16.6. The van der Waals surface area contributed by atoms with Gasteiger partial charge in [0, 0.05) is 10.8 Å². The van der Waals surface area contributed by atoms with Crippen LogP contribution in [0.4, 0.5) is 0 Å². The van der Waals surface area contributed by atoms with Gasteiger partial charge in [-0.3, -0.25) is 0 Å². The normalized spacial score (nSPS) is 19.4. The molecule has 3 heterocycles. The zero-order valence-electron chi connectivity index (χ0n) is 34.2. The lowest BCUT2D eigenvalue weighted by atomic mass is 9.69. The van der Waals surface area contributed by atoms with Gasteiger partial charge in [0.05, 0.1) is 19.8 Å². The van der Waals surface area contributed by atoms with Crippen LogP contribution >= 0.6 is 0 Å². The van der Waals surface area contributed by atoms with E-state index in [2.05, 4.69) is 140 Å². The van der Waals surface area contributed by atoms with Crippen molar-refractivity contribution in [1.29, 1.82) is 0 Å². The van der Waals surface area contributed by atoms with E-state index in [1.807, 2.05) is 0 Å². The first-order valence-corrected chi connectivity index (χ1v) is 20.0. The molecule has 4 aromatic rings.